The number of unbranched alkanes of at least 4 members (excludes halogenated alkanes) is 2. The van der Waals surface area contributed by atoms with Gasteiger partial charge in [-0.15, -0.1) is 0 Å². The highest BCUT2D eigenvalue weighted by atomic mass is 14.9. The van der Waals surface area contributed by atoms with E-state index in [0.29, 0.717) is 6.04 Å². The maximum atomic E-state index is 4.21. The molecule has 1 aliphatic rings. The first kappa shape index (κ1) is 17.3. The van der Waals surface area contributed by atoms with Gasteiger partial charge in [-0.1, -0.05) is 75.4 Å². The molecule has 0 aliphatic heterocycles. The molecule has 0 heterocycles. The zero-order chi connectivity index (χ0) is 16.7. The van der Waals surface area contributed by atoms with Crippen molar-refractivity contribution in [1.29, 1.82) is 0 Å². The highest BCUT2D eigenvalue weighted by Crippen LogP contribution is 2.21. The van der Waals surface area contributed by atoms with Gasteiger partial charge in [-0.25, -0.2) is 0 Å². The van der Waals surface area contributed by atoms with Crippen LogP contribution in [0.5, 0.6) is 0 Å². The molecule has 0 saturated carbocycles. The van der Waals surface area contributed by atoms with E-state index in [1.165, 1.54) is 48.0 Å². The Hall–Kier alpha value is -2.02. The zero-order valence-electron chi connectivity index (χ0n) is 14.6. The van der Waals surface area contributed by atoms with Gasteiger partial charge in [-0.05, 0) is 48.5 Å². The summed E-state index contributed by atoms with van der Waals surface area (Å²) >= 11 is 0. The lowest BCUT2D eigenvalue weighted by atomic mass is 9.95. The minimum absolute atomic E-state index is 0.315. The Labute approximate surface area is 141 Å². The highest BCUT2D eigenvalue weighted by molar-refractivity contribution is 5.62. The van der Waals surface area contributed by atoms with Crippen LogP contribution in [0.1, 0.15) is 50.7 Å². The molecule has 1 aromatic rings. The Morgan fingerprint density at radius 3 is 2.61 bits per heavy atom. The van der Waals surface area contributed by atoms with E-state index in [9.17, 15) is 0 Å². The summed E-state index contributed by atoms with van der Waals surface area (Å²) in [4.78, 5) is 0. The maximum absolute atomic E-state index is 4.21. The minimum Gasteiger partial charge on any atom is -0.379 e. The van der Waals surface area contributed by atoms with E-state index >= 15 is 0 Å². The summed E-state index contributed by atoms with van der Waals surface area (Å²) in [6.07, 6.45) is 12.4. The van der Waals surface area contributed by atoms with E-state index in [4.69, 9.17) is 0 Å². The normalized spacial score (nSPS) is 17.2. The molecule has 1 unspecified atom stereocenters. The van der Waals surface area contributed by atoms with Gasteiger partial charge in [0.1, 0.15) is 0 Å². The Morgan fingerprint density at radius 1 is 1.26 bits per heavy atom. The molecule has 1 aliphatic carbocycles. The molecule has 1 aromatic carbocycles. The number of benzene rings is 1. The van der Waals surface area contributed by atoms with Crippen molar-refractivity contribution in [2.75, 3.05) is 0 Å². The van der Waals surface area contributed by atoms with Crippen LogP contribution in [0.25, 0.3) is 5.70 Å². The zero-order valence-corrected chi connectivity index (χ0v) is 14.6. The molecule has 0 saturated heterocycles. The van der Waals surface area contributed by atoms with Crippen LogP contribution in [-0.2, 0) is 6.42 Å². The standard InChI is InChI=1S/C22H29N/c1-5-7-8-9-19-10-12-21(13-11-19)18(4)23-22-15-14-20(6-2)17(3)16-22/h6,10-14,16,22-23H,2,4-5,7-9,15H2,1,3H3. The first-order valence-electron chi connectivity index (χ1n) is 8.70. The van der Waals surface area contributed by atoms with Crippen LogP contribution in [0.2, 0.25) is 0 Å². The molecule has 1 nitrogen and oxygen atoms in total. The molecule has 0 aromatic heterocycles. The van der Waals surface area contributed by atoms with Gasteiger partial charge in [0.05, 0.1) is 0 Å². The number of nitrogens with one attached hydrogen (secondary N) is 1. The maximum Gasteiger partial charge on any atom is 0.0484 e. The quantitative estimate of drug-likeness (QED) is 0.597. The van der Waals surface area contributed by atoms with Crippen LogP contribution >= 0.6 is 0 Å². The van der Waals surface area contributed by atoms with Crippen LogP contribution < -0.4 is 5.32 Å². The summed E-state index contributed by atoms with van der Waals surface area (Å²) in [5.74, 6) is 0. The molecule has 0 spiro atoms. The van der Waals surface area contributed by atoms with Gasteiger partial charge in [-0.2, -0.15) is 0 Å². The van der Waals surface area contributed by atoms with Crippen LogP contribution in [0.4, 0.5) is 0 Å². The Balaban J connectivity index is 1.91. The van der Waals surface area contributed by atoms with E-state index in [-0.39, 0.29) is 0 Å². The highest BCUT2D eigenvalue weighted by Gasteiger charge is 2.12. The van der Waals surface area contributed by atoms with Crippen molar-refractivity contribution in [3.05, 3.63) is 77.9 Å². The molecule has 0 bridgehead atoms. The summed E-state index contributed by atoms with van der Waals surface area (Å²) in [7, 11) is 0. The number of hydrogen-bond acceptors (Lipinski definition) is 1. The van der Waals surface area contributed by atoms with E-state index in [0.717, 1.165) is 12.1 Å². The van der Waals surface area contributed by atoms with Gasteiger partial charge in [0, 0.05) is 11.7 Å². The third-order valence-corrected chi connectivity index (χ3v) is 4.45. The molecule has 0 fully saturated rings. The third-order valence-electron chi connectivity index (χ3n) is 4.45. The average molecular weight is 307 g/mol. The smallest absolute Gasteiger partial charge is 0.0484 e. The predicted molar refractivity (Wildman–Crippen MR) is 102 cm³/mol. The van der Waals surface area contributed by atoms with E-state index in [2.05, 4.69) is 68.7 Å². The fraction of sp³-hybridized carbons (Fsp3) is 0.364. The fourth-order valence-electron chi connectivity index (χ4n) is 2.98. The van der Waals surface area contributed by atoms with Crippen molar-refractivity contribution >= 4 is 5.70 Å². The topological polar surface area (TPSA) is 12.0 Å². The van der Waals surface area contributed by atoms with Crippen molar-refractivity contribution in [1.82, 2.24) is 5.32 Å². The third kappa shape index (κ3) is 4.99. The largest absolute Gasteiger partial charge is 0.379 e. The van der Waals surface area contributed by atoms with Crippen LogP contribution in [0.3, 0.4) is 0 Å². The second-order valence-corrected chi connectivity index (χ2v) is 6.33. The molecular formula is C22H29N. The number of allylic oxidation sites excluding steroid dienone is 3. The fourth-order valence-corrected chi connectivity index (χ4v) is 2.98. The number of hydrogen-bond donors (Lipinski definition) is 1. The van der Waals surface area contributed by atoms with Crippen molar-refractivity contribution in [2.24, 2.45) is 0 Å². The Bertz CT molecular complexity index is 601. The summed E-state index contributed by atoms with van der Waals surface area (Å²) in [5, 5.41) is 3.53. The van der Waals surface area contributed by atoms with E-state index in [1.54, 1.807) is 0 Å². The van der Waals surface area contributed by atoms with Gasteiger partial charge < -0.3 is 5.32 Å². The second kappa shape index (κ2) is 8.57. The lowest BCUT2D eigenvalue weighted by molar-refractivity contribution is 0.709. The van der Waals surface area contributed by atoms with Gasteiger partial charge in [0.2, 0.25) is 0 Å². The second-order valence-electron chi connectivity index (χ2n) is 6.33. The molecular weight excluding hydrogens is 278 g/mol. The van der Waals surface area contributed by atoms with Gasteiger partial charge in [0.15, 0.2) is 0 Å². The van der Waals surface area contributed by atoms with Crippen molar-refractivity contribution in [2.45, 2.75) is 52.0 Å². The van der Waals surface area contributed by atoms with Crippen LogP contribution in [-0.4, -0.2) is 6.04 Å². The van der Waals surface area contributed by atoms with Crippen LogP contribution in [0.15, 0.2) is 66.8 Å². The summed E-state index contributed by atoms with van der Waals surface area (Å²) in [6, 6.07) is 9.14. The number of rotatable bonds is 8. The molecule has 0 radical (unpaired) electrons. The molecule has 1 N–H and O–H groups in total. The van der Waals surface area contributed by atoms with Gasteiger partial charge in [-0.3, -0.25) is 0 Å². The van der Waals surface area contributed by atoms with Crippen molar-refractivity contribution in [3.8, 4) is 0 Å². The lowest BCUT2D eigenvalue weighted by Crippen LogP contribution is -2.26. The number of aryl methyl sites for hydroxylation is 1. The first-order chi connectivity index (χ1) is 11.1. The molecule has 23 heavy (non-hydrogen) atoms. The SMILES string of the molecule is C=CC1=CCC(NC(=C)c2ccc(CCCCC)cc2)C=C1C. The van der Waals surface area contributed by atoms with Crippen molar-refractivity contribution < 1.29 is 0 Å². The van der Waals surface area contributed by atoms with Crippen molar-refractivity contribution in [3.63, 3.8) is 0 Å². The monoisotopic (exact) mass is 307 g/mol. The molecule has 122 valence electrons. The van der Waals surface area contributed by atoms with E-state index in [1.807, 2.05) is 6.08 Å². The predicted octanol–water partition coefficient (Wildman–Crippen LogP) is 5.81. The lowest BCUT2D eigenvalue weighted by Gasteiger charge is -2.22. The molecule has 2 rings (SSSR count). The minimum atomic E-state index is 0.315. The molecule has 1 heteroatoms. The summed E-state index contributed by atoms with van der Waals surface area (Å²) in [5.41, 5.74) is 6.11. The molecule has 1 atom stereocenters. The summed E-state index contributed by atoms with van der Waals surface area (Å²) < 4.78 is 0. The van der Waals surface area contributed by atoms with Gasteiger partial charge >= 0.3 is 0 Å². The van der Waals surface area contributed by atoms with E-state index < -0.39 is 0 Å². The Morgan fingerprint density at radius 2 is 2.00 bits per heavy atom. The first-order valence-corrected chi connectivity index (χ1v) is 8.70. The summed E-state index contributed by atoms with van der Waals surface area (Å²) in [6.45, 7) is 12.4. The average Bonchev–Trinajstić information content (AvgIpc) is 2.56. The van der Waals surface area contributed by atoms with Gasteiger partial charge in [0.25, 0.3) is 0 Å². The Kier molecular flexibility index (Phi) is 6.46. The molecule has 0 amide bonds. The van der Waals surface area contributed by atoms with Crippen LogP contribution in [0, 0.1) is 0 Å².